The van der Waals surface area contributed by atoms with Gasteiger partial charge in [-0.3, -0.25) is 52.7 Å². The van der Waals surface area contributed by atoms with Gasteiger partial charge in [0.1, 0.15) is 43.4 Å². The number of esters is 1. The molecule has 368 valence electrons. The number of Topliss-reactive ketones (excluding diaryl/α,β-unsaturated/α-hetero) is 1. The summed E-state index contributed by atoms with van der Waals surface area (Å²) >= 11 is 0. The van der Waals surface area contributed by atoms with Crippen molar-refractivity contribution < 1.29 is 67.7 Å². The minimum absolute atomic E-state index is 0.0543. The molecule has 3 rings (SSSR count). The van der Waals surface area contributed by atoms with Crippen LogP contribution in [-0.4, -0.2) is 136 Å². The molecule has 1 heterocycles. The van der Waals surface area contributed by atoms with Crippen molar-refractivity contribution in [3.63, 3.8) is 0 Å². The Morgan fingerprint density at radius 3 is 1.89 bits per heavy atom. The second-order valence-electron chi connectivity index (χ2n) is 17.8. The second kappa shape index (κ2) is 26.9. The third kappa shape index (κ3) is 16.5. The van der Waals surface area contributed by atoms with E-state index in [9.17, 15) is 53.1 Å². The molecule has 21 nitrogen and oxygen atoms in total. The van der Waals surface area contributed by atoms with E-state index in [-0.39, 0.29) is 43.7 Å². The van der Waals surface area contributed by atoms with Gasteiger partial charge in [0, 0.05) is 25.8 Å². The standard InChI is InChI=1S/C45H69N7O14/c1-6-13-29(39(59)44(64)46-24-36(58)66-22-7-2)48-42(62)33-23-28-16-11-12-17-32(28)52(33)45(65)38(27-14-9-8-10-15-27)51-43(63)37(25(3)4)50-41(61)31(19-21-35(56)57)49-40(60)30(47-26(5)53)18-20-34(54)55/h7,25,27-33,37-38H,2,6,8-24H2,1,3-5H3,(H,46,64)(H,47,53)(H,48,62)(H,49,60)(H,50,61)(H,51,63)(H,54,55)(H,56,57)/t28-,29?,30?,31?,32-,33-,37?,38?/m0/s1. The van der Waals surface area contributed by atoms with Gasteiger partial charge in [0.25, 0.3) is 5.91 Å². The molecular formula is C45H69N7O14. The normalized spacial score (nSPS) is 20.4. The lowest BCUT2D eigenvalue weighted by molar-refractivity contribution is -0.147. The lowest BCUT2D eigenvalue weighted by Crippen LogP contribution is -2.62. The quantitative estimate of drug-likeness (QED) is 0.0338. The fourth-order valence-electron chi connectivity index (χ4n) is 9.07. The van der Waals surface area contributed by atoms with E-state index in [1.54, 1.807) is 20.8 Å². The molecule has 21 heteroatoms. The Bertz CT molecular complexity index is 1800. The summed E-state index contributed by atoms with van der Waals surface area (Å²) in [6.07, 6.45) is 6.95. The van der Waals surface area contributed by atoms with Crippen LogP contribution in [0.4, 0.5) is 0 Å². The highest BCUT2D eigenvalue weighted by Gasteiger charge is 2.51. The van der Waals surface area contributed by atoms with Gasteiger partial charge in [-0.15, -0.1) is 0 Å². The van der Waals surface area contributed by atoms with Crippen molar-refractivity contribution in [2.45, 2.75) is 173 Å². The van der Waals surface area contributed by atoms with E-state index in [0.29, 0.717) is 25.7 Å². The van der Waals surface area contributed by atoms with Gasteiger partial charge in [-0.2, -0.15) is 0 Å². The van der Waals surface area contributed by atoms with E-state index in [0.717, 1.165) is 45.4 Å². The van der Waals surface area contributed by atoms with Crippen molar-refractivity contribution in [3.05, 3.63) is 12.7 Å². The average molecular weight is 932 g/mol. The Hall–Kier alpha value is -5.89. The largest absolute Gasteiger partial charge is 0.481 e. The minimum Gasteiger partial charge on any atom is -0.481 e. The Kier molecular flexibility index (Phi) is 22.2. The Labute approximate surface area is 385 Å². The molecule has 5 unspecified atom stereocenters. The van der Waals surface area contributed by atoms with E-state index < -0.39 is 133 Å². The van der Waals surface area contributed by atoms with Gasteiger partial charge < -0.3 is 51.8 Å². The van der Waals surface area contributed by atoms with Crippen LogP contribution in [0.5, 0.6) is 0 Å². The van der Waals surface area contributed by atoms with Gasteiger partial charge in [-0.1, -0.05) is 72.0 Å². The number of carbonyl (C=O) groups is 11. The molecule has 0 aromatic heterocycles. The number of carboxylic acid groups (broad SMARTS) is 2. The zero-order valence-corrected chi connectivity index (χ0v) is 38.5. The lowest BCUT2D eigenvalue weighted by atomic mass is 9.82. The first-order valence-electron chi connectivity index (χ1n) is 23.1. The molecule has 3 aliphatic rings. The van der Waals surface area contributed by atoms with Crippen LogP contribution in [0.1, 0.15) is 130 Å². The number of likely N-dealkylation sites (tertiary alicyclic amines) is 1. The smallest absolute Gasteiger partial charge is 0.325 e. The number of hydrogen-bond acceptors (Lipinski definition) is 12. The van der Waals surface area contributed by atoms with Gasteiger partial charge >= 0.3 is 17.9 Å². The monoisotopic (exact) mass is 931 g/mol. The number of hydrogen-bond donors (Lipinski definition) is 8. The highest BCUT2D eigenvalue weighted by molar-refractivity contribution is 6.38. The summed E-state index contributed by atoms with van der Waals surface area (Å²) < 4.78 is 4.85. The summed E-state index contributed by atoms with van der Waals surface area (Å²) in [6.45, 7) is 8.95. The first-order chi connectivity index (χ1) is 31.3. The van der Waals surface area contributed by atoms with Crippen LogP contribution < -0.4 is 31.9 Å². The zero-order chi connectivity index (χ0) is 49.1. The topological polar surface area (TPSA) is 313 Å². The Morgan fingerprint density at radius 2 is 1.32 bits per heavy atom. The van der Waals surface area contributed by atoms with E-state index in [1.807, 2.05) is 0 Å². The molecule has 8 atom stereocenters. The summed E-state index contributed by atoms with van der Waals surface area (Å²) in [4.78, 5) is 145. The summed E-state index contributed by atoms with van der Waals surface area (Å²) in [6, 6.07) is -8.01. The maximum absolute atomic E-state index is 15.1. The van der Waals surface area contributed by atoms with Crippen LogP contribution in [0, 0.1) is 17.8 Å². The first kappa shape index (κ1) is 54.4. The SMILES string of the molecule is C=CCOC(=O)CNC(=O)C(=O)C(CCC)NC(=O)[C@@H]1C[C@@H]2CCCC[C@@H]2N1C(=O)C(NC(=O)C(NC(=O)C(CCC(=O)O)NC(=O)C(CCC(=O)O)NC(C)=O)C(C)C)C1CCCCC1. The van der Waals surface area contributed by atoms with Crippen molar-refractivity contribution in [3.8, 4) is 0 Å². The van der Waals surface area contributed by atoms with Crippen LogP contribution >= 0.6 is 0 Å². The Balaban J connectivity index is 1.91. The molecule has 0 bridgehead atoms. The molecule has 8 N–H and O–H groups in total. The number of ether oxygens (including phenoxy) is 1. The van der Waals surface area contributed by atoms with Crippen LogP contribution in [0.2, 0.25) is 0 Å². The number of amides is 7. The second-order valence-corrected chi connectivity index (χ2v) is 17.8. The highest BCUT2D eigenvalue weighted by atomic mass is 16.5. The first-order valence-corrected chi connectivity index (χ1v) is 23.1. The molecule has 2 aliphatic carbocycles. The number of ketones is 1. The third-order valence-corrected chi connectivity index (χ3v) is 12.4. The van der Waals surface area contributed by atoms with Crippen LogP contribution in [-0.2, 0) is 57.5 Å². The van der Waals surface area contributed by atoms with Crippen LogP contribution in [0.25, 0.3) is 0 Å². The average Bonchev–Trinajstić information content (AvgIpc) is 3.67. The number of fused-ring (bicyclic) bond motifs is 1. The zero-order valence-electron chi connectivity index (χ0n) is 38.5. The van der Waals surface area contributed by atoms with Crippen LogP contribution in [0.3, 0.4) is 0 Å². The lowest BCUT2D eigenvalue weighted by Gasteiger charge is -2.39. The number of nitrogens with one attached hydrogen (secondary N) is 6. The maximum Gasteiger partial charge on any atom is 0.325 e. The van der Waals surface area contributed by atoms with Crippen LogP contribution in [0.15, 0.2) is 12.7 Å². The molecule has 66 heavy (non-hydrogen) atoms. The predicted molar refractivity (Wildman–Crippen MR) is 236 cm³/mol. The Morgan fingerprint density at radius 1 is 0.727 bits per heavy atom. The van der Waals surface area contributed by atoms with Gasteiger partial charge in [-0.25, -0.2) is 0 Å². The number of carbonyl (C=O) groups excluding carboxylic acids is 9. The van der Waals surface area contributed by atoms with Crippen molar-refractivity contribution in [2.75, 3.05) is 13.2 Å². The van der Waals surface area contributed by atoms with Gasteiger partial charge in [0.15, 0.2) is 0 Å². The summed E-state index contributed by atoms with van der Waals surface area (Å²) in [5.41, 5.74) is 0. The van der Waals surface area contributed by atoms with Gasteiger partial charge in [-0.05, 0) is 69.1 Å². The van der Waals surface area contributed by atoms with Gasteiger partial charge in [0.05, 0.1) is 6.04 Å². The fraction of sp³-hybridized carbons (Fsp3) is 0.711. The molecule has 1 saturated heterocycles. The van der Waals surface area contributed by atoms with Crippen molar-refractivity contribution in [1.82, 2.24) is 36.8 Å². The van der Waals surface area contributed by atoms with E-state index in [2.05, 4.69) is 38.5 Å². The molecule has 0 aromatic rings. The number of aliphatic carboxylic acids is 2. The summed E-state index contributed by atoms with van der Waals surface area (Å²) in [5, 5.41) is 33.8. The number of rotatable bonds is 26. The summed E-state index contributed by atoms with van der Waals surface area (Å²) in [7, 11) is 0. The predicted octanol–water partition coefficient (Wildman–Crippen LogP) is 0.771. The maximum atomic E-state index is 15.1. The van der Waals surface area contributed by atoms with E-state index in [4.69, 9.17) is 9.84 Å². The molecule has 3 fully saturated rings. The van der Waals surface area contributed by atoms with Crippen molar-refractivity contribution in [1.29, 1.82) is 0 Å². The van der Waals surface area contributed by atoms with E-state index >= 15 is 4.79 Å². The van der Waals surface area contributed by atoms with Gasteiger partial charge in [0.2, 0.25) is 41.2 Å². The number of nitrogens with zero attached hydrogens (tertiary/aromatic N) is 1. The van der Waals surface area contributed by atoms with Crippen molar-refractivity contribution >= 4 is 65.0 Å². The molecule has 1 aliphatic heterocycles. The molecule has 0 radical (unpaired) electrons. The molecule has 0 aromatic carbocycles. The minimum atomic E-state index is -1.53. The van der Waals surface area contributed by atoms with Crippen molar-refractivity contribution in [2.24, 2.45) is 17.8 Å². The van der Waals surface area contributed by atoms with E-state index in [1.165, 1.54) is 11.0 Å². The number of carboxylic acids is 2. The third-order valence-electron chi connectivity index (χ3n) is 12.4. The molecule has 0 spiro atoms. The summed E-state index contributed by atoms with van der Waals surface area (Å²) in [5.74, 6) is -10.8. The molecular weight excluding hydrogens is 863 g/mol. The fourth-order valence-corrected chi connectivity index (χ4v) is 9.07. The molecule has 7 amide bonds. The molecule has 2 saturated carbocycles. The highest BCUT2D eigenvalue weighted by Crippen LogP contribution is 2.41.